The molecule has 0 fully saturated rings. The number of hydrogen-bond donors (Lipinski definition) is 2. The van der Waals surface area contributed by atoms with Crippen molar-refractivity contribution in [2.45, 2.75) is 18.2 Å². The summed E-state index contributed by atoms with van der Waals surface area (Å²) in [7, 11) is -3.47. The summed E-state index contributed by atoms with van der Waals surface area (Å²) in [5.74, 6) is 0.759. The highest BCUT2D eigenvalue weighted by atomic mass is 79.9. The Kier molecular flexibility index (Phi) is 4.38. The number of aromatic nitrogens is 2. The Morgan fingerprint density at radius 1 is 1.42 bits per heavy atom. The van der Waals surface area contributed by atoms with Gasteiger partial charge in [0.25, 0.3) is 0 Å². The topological polar surface area (TPSA) is 74.8 Å². The summed E-state index contributed by atoms with van der Waals surface area (Å²) >= 11 is 3.35. The Morgan fingerprint density at radius 2 is 2.21 bits per heavy atom. The summed E-state index contributed by atoms with van der Waals surface area (Å²) in [6.45, 7) is 2.16. The zero-order valence-electron chi connectivity index (χ0n) is 10.4. The van der Waals surface area contributed by atoms with Gasteiger partial charge < -0.3 is 4.98 Å². The molecule has 7 heteroatoms. The Bertz CT molecular complexity index is 654. The van der Waals surface area contributed by atoms with E-state index in [2.05, 4.69) is 30.6 Å². The molecule has 5 nitrogen and oxygen atoms in total. The van der Waals surface area contributed by atoms with Crippen LogP contribution in [-0.2, 0) is 16.4 Å². The van der Waals surface area contributed by atoms with Gasteiger partial charge in [-0.15, -0.1) is 0 Å². The van der Waals surface area contributed by atoms with E-state index in [-0.39, 0.29) is 4.90 Å². The maximum atomic E-state index is 12.1. The first kappa shape index (κ1) is 14.2. The van der Waals surface area contributed by atoms with E-state index >= 15 is 0 Å². The molecular formula is C12H14BrN3O2S. The molecule has 0 amide bonds. The van der Waals surface area contributed by atoms with Crippen LogP contribution in [0.25, 0.3) is 0 Å². The zero-order valence-corrected chi connectivity index (χ0v) is 12.8. The lowest BCUT2D eigenvalue weighted by Crippen LogP contribution is -2.26. The molecule has 1 aromatic carbocycles. The SMILES string of the molecule is Cc1cc(S(=O)(=O)NCCc2ncc[nH]2)ccc1Br. The van der Waals surface area contributed by atoms with Crippen LogP contribution >= 0.6 is 15.9 Å². The molecule has 0 spiro atoms. The predicted molar refractivity (Wildman–Crippen MR) is 76.4 cm³/mol. The van der Waals surface area contributed by atoms with Crippen molar-refractivity contribution in [1.29, 1.82) is 0 Å². The molecular weight excluding hydrogens is 330 g/mol. The van der Waals surface area contributed by atoms with Crippen molar-refractivity contribution in [3.05, 3.63) is 46.5 Å². The Balaban J connectivity index is 2.03. The predicted octanol–water partition coefficient (Wildman–Crippen LogP) is 2.00. The minimum Gasteiger partial charge on any atom is -0.349 e. The monoisotopic (exact) mass is 343 g/mol. The van der Waals surface area contributed by atoms with Crippen molar-refractivity contribution in [1.82, 2.24) is 14.7 Å². The highest BCUT2D eigenvalue weighted by Gasteiger charge is 2.14. The number of nitrogens with one attached hydrogen (secondary N) is 2. The molecule has 2 aromatic rings. The summed E-state index contributed by atoms with van der Waals surface area (Å²) in [5, 5.41) is 0. The first-order chi connectivity index (χ1) is 8.99. The third-order valence-electron chi connectivity index (χ3n) is 2.65. The van der Waals surface area contributed by atoms with Crippen molar-refractivity contribution < 1.29 is 8.42 Å². The largest absolute Gasteiger partial charge is 0.349 e. The number of H-pyrrole nitrogens is 1. The molecule has 0 unspecified atom stereocenters. The minimum atomic E-state index is -3.47. The van der Waals surface area contributed by atoms with E-state index in [4.69, 9.17) is 0 Å². The van der Waals surface area contributed by atoms with Crippen LogP contribution in [0.15, 0.2) is 40.0 Å². The molecule has 0 bridgehead atoms. The lowest BCUT2D eigenvalue weighted by molar-refractivity contribution is 0.581. The van der Waals surface area contributed by atoms with Crippen molar-refractivity contribution in [3.8, 4) is 0 Å². The van der Waals surface area contributed by atoms with Crippen LogP contribution in [-0.4, -0.2) is 24.9 Å². The number of aromatic amines is 1. The van der Waals surface area contributed by atoms with E-state index in [0.717, 1.165) is 15.9 Å². The highest BCUT2D eigenvalue weighted by Crippen LogP contribution is 2.19. The lowest BCUT2D eigenvalue weighted by Gasteiger charge is -2.07. The molecule has 0 aliphatic rings. The summed E-state index contributed by atoms with van der Waals surface area (Å²) in [6.07, 6.45) is 3.88. The summed E-state index contributed by atoms with van der Waals surface area (Å²) < 4.78 is 27.6. The average molecular weight is 344 g/mol. The van der Waals surface area contributed by atoms with Crippen molar-refractivity contribution in [3.63, 3.8) is 0 Å². The van der Waals surface area contributed by atoms with Gasteiger partial charge in [-0.05, 0) is 30.7 Å². The van der Waals surface area contributed by atoms with E-state index in [9.17, 15) is 8.42 Å². The number of rotatable bonds is 5. The molecule has 0 aliphatic heterocycles. The molecule has 2 rings (SSSR count). The van der Waals surface area contributed by atoms with E-state index in [0.29, 0.717) is 13.0 Å². The molecule has 0 atom stereocenters. The van der Waals surface area contributed by atoms with Gasteiger partial charge in [-0.3, -0.25) is 0 Å². The zero-order chi connectivity index (χ0) is 13.9. The second-order valence-electron chi connectivity index (χ2n) is 4.09. The van der Waals surface area contributed by atoms with Gasteiger partial charge in [0.05, 0.1) is 4.90 Å². The van der Waals surface area contributed by atoms with E-state index in [1.807, 2.05) is 6.92 Å². The molecule has 2 N–H and O–H groups in total. The second kappa shape index (κ2) is 5.85. The fourth-order valence-electron chi connectivity index (χ4n) is 1.61. The third-order valence-corrected chi connectivity index (χ3v) is 5.00. The molecule has 0 aliphatic carbocycles. The van der Waals surface area contributed by atoms with Gasteiger partial charge in [0.15, 0.2) is 0 Å². The number of benzene rings is 1. The van der Waals surface area contributed by atoms with E-state index in [1.165, 1.54) is 0 Å². The second-order valence-corrected chi connectivity index (χ2v) is 6.72. The molecule has 1 aromatic heterocycles. The molecule has 1 heterocycles. The Hall–Kier alpha value is -1.18. The molecule has 102 valence electrons. The van der Waals surface area contributed by atoms with Gasteiger partial charge >= 0.3 is 0 Å². The fourth-order valence-corrected chi connectivity index (χ4v) is 2.97. The van der Waals surface area contributed by atoms with Crippen LogP contribution in [0.3, 0.4) is 0 Å². The number of imidazole rings is 1. The Morgan fingerprint density at radius 3 is 2.84 bits per heavy atom. The smallest absolute Gasteiger partial charge is 0.240 e. The van der Waals surface area contributed by atoms with Crippen molar-refractivity contribution in [2.75, 3.05) is 6.54 Å². The molecule has 0 radical (unpaired) electrons. The molecule has 19 heavy (non-hydrogen) atoms. The van der Waals surface area contributed by atoms with Gasteiger partial charge in [-0.1, -0.05) is 15.9 Å². The first-order valence-electron chi connectivity index (χ1n) is 5.73. The number of hydrogen-bond acceptors (Lipinski definition) is 3. The van der Waals surface area contributed by atoms with Gasteiger partial charge in [-0.25, -0.2) is 18.1 Å². The van der Waals surface area contributed by atoms with Crippen LogP contribution < -0.4 is 4.72 Å². The average Bonchev–Trinajstić information content (AvgIpc) is 2.85. The third kappa shape index (κ3) is 3.65. The van der Waals surface area contributed by atoms with Crippen LogP contribution in [0.5, 0.6) is 0 Å². The van der Waals surface area contributed by atoms with E-state index < -0.39 is 10.0 Å². The van der Waals surface area contributed by atoms with Crippen LogP contribution in [0, 0.1) is 6.92 Å². The summed E-state index contributed by atoms with van der Waals surface area (Å²) in [5.41, 5.74) is 0.883. The van der Waals surface area contributed by atoms with Gasteiger partial charge in [0.2, 0.25) is 10.0 Å². The minimum absolute atomic E-state index is 0.271. The lowest BCUT2D eigenvalue weighted by atomic mass is 10.2. The van der Waals surface area contributed by atoms with Gasteiger partial charge in [-0.2, -0.15) is 0 Å². The van der Waals surface area contributed by atoms with Gasteiger partial charge in [0, 0.05) is 29.8 Å². The maximum Gasteiger partial charge on any atom is 0.240 e. The quantitative estimate of drug-likeness (QED) is 0.871. The fraction of sp³-hybridized carbons (Fsp3) is 0.250. The van der Waals surface area contributed by atoms with Crippen molar-refractivity contribution >= 4 is 26.0 Å². The summed E-state index contributed by atoms with van der Waals surface area (Å²) in [6, 6.07) is 4.95. The van der Waals surface area contributed by atoms with Crippen LogP contribution in [0.1, 0.15) is 11.4 Å². The summed E-state index contributed by atoms with van der Waals surface area (Å²) in [4.78, 5) is 7.24. The standard InChI is InChI=1S/C12H14BrN3O2S/c1-9-8-10(2-3-11(9)13)19(17,18)16-5-4-12-14-6-7-15-12/h2-3,6-8,16H,4-5H2,1H3,(H,14,15). The number of sulfonamides is 1. The highest BCUT2D eigenvalue weighted by molar-refractivity contribution is 9.10. The van der Waals surface area contributed by atoms with Crippen LogP contribution in [0.4, 0.5) is 0 Å². The normalized spacial score (nSPS) is 11.7. The van der Waals surface area contributed by atoms with Gasteiger partial charge in [0.1, 0.15) is 5.82 Å². The molecule has 0 saturated heterocycles. The van der Waals surface area contributed by atoms with Crippen LogP contribution in [0.2, 0.25) is 0 Å². The Labute approximate surface area is 120 Å². The maximum absolute atomic E-state index is 12.1. The number of halogens is 1. The van der Waals surface area contributed by atoms with E-state index in [1.54, 1.807) is 30.6 Å². The van der Waals surface area contributed by atoms with Crippen molar-refractivity contribution in [2.24, 2.45) is 0 Å². The number of aryl methyl sites for hydroxylation is 1. The first-order valence-corrected chi connectivity index (χ1v) is 8.01. The molecule has 0 saturated carbocycles. The number of nitrogens with zero attached hydrogens (tertiary/aromatic N) is 1.